The monoisotopic (exact) mass is 391 g/mol. The van der Waals surface area contributed by atoms with E-state index in [0.29, 0.717) is 17.1 Å². The Hall–Kier alpha value is -2.37. The number of halogens is 1. The van der Waals surface area contributed by atoms with Gasteiger partial charge in [-0.3, -0.25) is 9.59 Å². The summed E-state index contributed by atoms with van der Waals surface area (Å²) < 4.78 is 11.1. The lowest BCUT2D eigenvalue weighted by molar-refractivity contribution is -0.132. The molecule has 0 radical (unpaired) electrons. The fraction of sp³-hybridized carbons (Fsp3) is 0.333. The predicted molar refractivity (Wildman–Crippen MR) is 108 cm³/mol. The highest BCUT2D eigenvalue weighted by Gasteiger charge is 2.16. The Balaban J connectivity index is 0.00000364. The maximum Gasteiger partial charge on any atom is 0.308 e. The molecule has 27 heavy (non-hydrogen) atoms. The van der Waals surface area contributed by atoms with Crippen LogP contribution in [0, 0.1) is 6.92 Å². The van der Waals surface area contributed by atoms with Crippen molar-refractivity contribution in [1.29, 1.82) is 0 Å². The van der Waals surface area contributed by atoms with Gasteiger partial charge in [0.05, 0.1) is 6.54 Å². The van der Waals surface area contributed by atoms with Crippen LogP contribution in [-0.2, 0) is 4.79 Å². The smallest absolute Gasteiger partial charge is 0.308 e. The van der Waals surface area contributed by atoms with Gasteiger partial charge in [0.15, 0.2) is 17.3 Å². The normalized spacial score (nSPS) is 10.7. The zero-order valence-corrected chi connectivity index (χ0v) is 17.1. The summed E-state index contributed by atoms with van der Waals surface area (Å²) in [5.74, 6) is 0.681. The molecule has 0 atom stereocenters. The van der Waals surface area contributed by atoms with Crippen LogP contribution in [0.2, 0.25) is 0 Å². The lowest BCUT2D eigenvalue weighted by Gasteiger charge is -2.20. The first-order valence-corrected chi connectivity index (χ1v) is 8.49. The Labute approximate surface area is 166 Å². The van der Waals surface area contributed by atoms with Crippen molar-refractivity contribution in [2.45, 2.75) is 40.2 Å². The van der Waals surface area contributed by atoms with Crippen LogP contribution in [0.5, 0.6) is 17.2 Å². The van der Waals surface area contributed by atoms with Gasteiger partial charge in [-0.2, -0.15) is 0 Å². The number of carbonyl (C=O) groups excluding carboxylic acids is 2. The fourth-order valence-electron chi connectivity index (χ4n) is 2.18. The van der Waals surface area contributed by atoms with E-state index in [1.165, 1.54) is 6.92 Å². The van der Waals surface area contributed by atoms with E-state index in [0.717, 1.165) is 5.56 Å². The highest BCUT2D eigenvalue weighted by atomic mass is 35.5. The van der Waals surface area contributed by atoms with E-state index < -0.39 is 5.97 Å². The Kier molecular flexibility index (Phi) is 8.00. The van der Waals surface area contributed by atoms with Gasteiger partial charge >= 0.3 is 5.97 Å². The highest BCUT2D eigenvalue weighted by Crippen LogP contribution is 2.33. The topological polar surface area (TPSA) is 64.6 Å². The number of esters is 1. The van der Waals surface area contributed by atoms with E-state index in [-0.39, 0.29) is 36.0 Å². The Morgan fingerprint density at radius 1 is 1.00 bits per heavy atom. The van der Waals surface area contributed by atoms with Crippen LogP contribution in [0.4, 0.5) is 0 Å². The molecule has 0 amide bonds. The molecule has 0 aliphatic carbocycles. The third-order valence-corrected chi connectivity index (χ3v) is 3.55. The fourth-order valence-corrected chi connectivity index (χ4v) is 2.18. The molecule has 2 rings (SSSR count). The van der Waals surface area contributed by atoms with Crippen molar-refractivity contribution in [2.75, 3.05) is 6.54 Å². The molecule has 5 nitrogen and oxygen atoms in total. The number of ketones is 1. The second-order valence-electron chi connectivity index (χ2n) is 7.20. The van der Waals surface area contributed by atoms with Crippen LogP contribution in [0.1, 0.15) is 43.6 Å². The molecule has 0 aliphatic rings. The minimum atomic E-state index is -0.452. The number of nitrogens with one attached hydrogen (secondary N) is 1. The summed E-state index contributed by atoms with van der Waals surface area (Å²) in [6, 6.07) is 12.3. The molecule has 0 fully saturated rings. The second kappa shape index (κ2) is 9.53. The Morgan fingerprint density at radius 3 is 2.19 bits per heavy atom. The first-order chi connectivity index (χ1) is 12.1. The molecular weight excluding hydrogens is 366 g/mol. The first kappa shape index (κ1) is 22.7. The van der Waals surface area contributed by atoms with Crippen molar-refractivity contribution in [3.63, 3.8) is 0 Å². The summed E-state index contributed by atoms with van der Waals surface area (Å²) in [5, 5.41) is 3.17. The molecule has 0 spiro atoms. The average Bonchev–Trinajstić information content (AvgIpc) is 2.55. The molecule has 0 saturated heterocycles. The molecular formula is C21H26ClNO4. The standard InChI is InChI=1S/C21H25NO4.ClH/c1-14-6-9-17(10-7-14)26-20-12-16(8-11-19(20)25-15(2)23)18(24)13-22-21(3,4)5;/h6-12,22H,13H2,1-5H3;1H. The third kappa shape index (κ3) is 7.41. The van der Waals surface area contributed by atoms with Crippen LogP contribution in [0.3, 0.4) is 0 Å². The van der Waals surface area contributed by atoms with E-state index in [4.69, 9.17) is 9.47 Å². The van der Waals surface area contributed by atoms with E-state index in [1.807, 2.05) is 52.0 Å². The summed E-state index contributed by atoms with van der Waals surface area (Å²) in [5.41, 5.74) is 1.43. The summed E-state index contributed by atoms with van der Waals surface area (Å²) >= 11 is 0. The van der Waals surface area contributed by atoms with Crippen LogP contribution < -0.4 is 14.8 Å². The van der Waals surface area contributed by atoms with E-state index in [1.54, 1.807) is 18.2 Å². The lowest BCUT2D eigenvalue weighted by Crippen LogP contribution is -2.39. The largest absolute Gasteiger partial charge is 0.453 e. The zero-order chi connectivity index (χ0) is 19.3. The van der Waals surface area contributed by atoms with Crippen LogP contribution >= 0.6 is 12.4 Å². The maximum absolute atomic E-state index is 12.4. The Bertz CT molecular complexity index is 795. The third-order valence-electron chi connectivity index (χ3n) is 3.55. The van der Waals surface area contributed by atoms with Gasteiger partial charge in [-0.1, -0.05) is 17.7 Å². The van der Waals surface area contributed by atoms with Crippen LogP contribution in [-0.4, -0.2) is 23.8 Å². The van der Waals surface area contributed by atoms with Gasteiger partial charge in [0.1, 0.15) is 5.75 Å². The number of carbonyl (C=O) groups is 2. The minimum Gasteiger partial charge on any atom is -0.453 e. The van der Waals surface area contributed by atoms with Gasteiger partial charge in [0.25, 0.3) is 0 Å². The molecule has 0 aromatic heterocycles. The molecule has 6 heteroatoms. The first-order valence-electron chi connectivity index (χ1n) is 8.49. The molecule has 0 unspecified atom stereocenters. The summed E-state index contributed by atoms with van der Waals surface area (Å²) in [6.45, 7) is 9.50. The number of aryl methyl sites for hydroxylation is 1. The number of benzene rings is 2. The van der Waals surface area contributed by atoms with Crippen molar-refractivity contribution in [2.24, 2.45) is 0 Å². The highest BCUT2D eigenvalue weighted by molar-refractivity contribution is 5.98. The van der Waals surface area contributed by atoms with Crippen molar-refractivity contribution in [3.05, 3.63) is 53.6 Å². The number of rotatable bonds is 6. The van der Waals surface area contributed by atoms with Crippen LogP contribution in [0.25, 0.3) is 0 Å². The molecule has 0 aliphatic heterocycles. The van der Waals surface area contributed by atoms with Gasteiger partial charge in [-0.05, 0) is 58.0 Å². The van der Waals surface area contributed by atoms with Gasteiger partial charge < -0.3 is 14.8 Å². The number of hydrogen-bond acceptors (Lipinski definition) is 5. The van der Waals surface area contributed by atoms with E-state index in [9.17, 15) is 9.59 Å². The minimum absolute atomic E-state index is 0. The number of Topliss-reactive ketones (excluding diaryl/α,β-unsaturated/α-hetero) is 1. The van der Waals surface area contributed by atoms with Gasteiger partial charge in [-0.15, -0.1) is 12.4 Å². The molecule has 2 aromatic rings. The maximum atomic E-state index is 12.4. The van der Waals surface area contributed by atoms with Crippen molar-refractivity contribution < 1.29 is 19.1 Å². The van der Waals surface area contributed by atoms with Gasteiger partial charge in [0, 0.05) is 18.0 Å². The summed E-state index contributed by atoms with van der Waals surface area (Å²) in [7, 11) is 0. The van der Waals surface area contributed by atoms with Crippen molar-refractivity contribution >= 4 is 24.2 Å². The lowest BCUT2D eigenvalue weighted by atomic mass is 10.1. The molecule has 1 N–H and O–H groups in total. The van der Waals surface area contributed by atoms with Crippen molar-refractivity contribution in [3.8, 4) is 17.2 Å². The summed E-state index contributed by atoms with van der Waals surface area (Å²) in [6.07, 6.45) is 0. The zero-order valence-electron chi connectivity index (χ0n) is 16.3. The quantitative estimate of drug-likeness (QED) is 0.439. The molecule has 2 aromatic carbocycles. The number of ether oxygens (including phenoxy) is 2. The Morgan fingerprint density at radius 2 is 1.63 bits per heavy atom. The molecule has 0 heterocycles. The van der Waals surface area contributed by atoms with E-state index in [2.05, 4.69) is 5.32 Å². The number of hydrogen-bond donors (Lipinski definition) is 1. The van der Waals surface area contributed by atoms with E-state index >= 15 is 0 Å². The SMILES string of the molecule is CC(=O)Oc1ccc(C(=O)CNC(C)(C)C)cc1Oc1ccc(C)cc1.Cl. The van der Waals surface area contributed by atoms with Gasteiger partial charge in [-0.25, -0.2) is 0 Å². The second-order valence-corrected chi connectivity index (χ2v) is 7.20. The average molecular weight is 392 g/mol. The molecule has 146 valence electrons. The molecule has 0 bridgehead atoms. The molecule has 0 saturated carbocycles. The van der Waals surface area contributed by atoms with Gasteiger partial charge in [0.2, 0.25) is 0 Å². The van der Waals surface area contributed by atoms with Crippen LogP contribution in [0.15, 0.2) is 42.5 Å². The predicted octanol–water partition coefficient (Wildman–Crippen LogP) is 4.71. The van der Waals surface area contributed by atoms with Crippen molar-refractivity contribution in [1.82, 2.24) is 5.32 Å². The summed E-state index contributed by atoms with van der Waals surface area (Å²) in [4.78, 5) is 23.8.